The minimum absolute atomic E-state index is 0.306. The monoisotopic (exact) mass is 203 g/mol. The lowest BCUT2D eigenvalue weighted by molar-refractivity contribution is 0.121. The smallest absolute Gasteiger partial charge is 0.0469 e. The summed E-state index contributed by atoms with van der Waals surface area (Å²) < 4.78 is 0. The van der Waals surface area contributed by atoms with Crippen LogP contribution in [0.5, 0.6) is 0 Å². The van der Waals surface area contributed by atoms with E-state index in [0.29, 0.717) is 18.4 Å². The molecule has 3 heteroatoms. The Kier molecular flexibility index (Phi) is 5.14. The molecule has 1 aliphatic rings. The van der Waals surface area contributed by atoms with E-state index in [1.165, 1.54) is 25.9 Å². The molecule has 1 rings (SSSR count). The van der Waals surface area contributed by atoms with Gasteiger partial charge in [0.2, 0.25) is 0 Å². The zero-order valence-electron chi connectivity index (χ0n) is 8.45. The molecule has 1 saturated heterocycles. The summed E-state index contributed by atoms with van der Waals surface area (Å²) in [5.41, 5.74) is 0. The van der Waals surface area contributed by atoms with Crippen molar-refractivity contribution in [2.45, 2.75) is 19.8 Å². The first-order chi connectivity index (χ1) is 6.31. The molecule has 0 bridgehead atoms. The van der Waals surface area contributed by atoms with Crippen LogP contribution in [0.2, 0.25) is 0 Å². The quantitative estimate of drug-likeness (QED) is 0.672. The van der Waals surface area contributed by atoms with Gasteiger partial charge in [0.1, 0.15) is 0 Å². The van der Waals surface area contributed by atoms with Gasteiger partial charge in [-0.15, -0.1) is 0 Å². The molecule has 0 saturated carbocycles. The molecule has 1 aliphatic heterocycles. The lowest BCUT2D eigenvalue weighted by Gasteiger charge is -2.34. The van der Waals surface area contributed by atoms with Crippen molar-refractivity contribution in [2.75, 3.05) is 32.0 Å². The Morgan fingerprint density at radius 2 is 2.08 bits per heavy atom. The average molecular weight is 203 g/mol. The van der Waals surface area contributed by atoms with Gasteiger partial charge in [0.05, 0.1) is 0 Å². The van der Waals surface area contributed by atoms with E-state index in [-0.39, 0.29) is 0 Å². The fraction of sp³-hybridized carbons (Fsp3) is 1.00. The van der Waals surface area contributed by atoms with Crippen molar-refractivity contribution in [1.82, 2.24) is 4.90 Å². The lowest BCUT2D eigenvalue weighted by atomic mass is 9.86. The molecule has 0 aromatic carbocycles. The number of aliphatic hydroxyl groups is 1. The predicted molar refractivity (Wildman–Crippen MR) is 59.3 cm³/mol. The first-order valence-corrected chi connectivity index (χ1v) is 5.89. The van der Waals surface area contributed by atoms with Gasteiger partial charge in [0, 0.05) is 6.61 Å². The maximum Gasteiger partial charge on any atom is 0.0469 e. The van der Waals surface area contributed by atoms with Gasteiger partial charge in [-0.05, 0) is 50.1 Å². The molecule has 1 unspecified atom stereocenters. The van der Waals surface area contributed by atoms with Crippen LogP contribution in [0.3, 0.4) is 0 Å². The Hall–Kier alpha value is 0.270. The van der Waals surface area contributed by atoms with Crippen molar-refractivity contribution in [2.24, 2.45) is 11.8 Å². The third-order valence-corrected chi connectivity index (χ3v) is 3.68. The van der Waals surface area contributed by atoms with E-state index >= 15 is 0 Å². The second kappa shape index (κ2) is 5.89. The van der Waals surface area contributed by atoms with Gasteiger partial charge >= 0.3 is 0 Å². The van der Waals surface area contributed by atoms with E-state index in [2.05, 4.69) is 24.5 Å². The number of piperidine rings is 1. The van der Waals surface area contributed by atoms with E-state index < -0.39 is 0 Å². The Labute approximate surface area is 86.7 Å². The van der Waals surface area contributed by atoms with Crippen molar-refractivity contribution >= 4 is 12.6 Å². The van der Waals surface area contributed by atoms with Gasteiger partial charge in [-0.25, -0.2) is 0 Å². The highest BCUT2D eigenvalue weighted by molar-refractivity contribution is 7.80. The van der Waals surface area contributed by atoms with Crippen LogP contribution in [-0.4, -0.2) is 42.0 Å². The van der Waals surface area contributed by atoms with E-state index in [9.17, 15) is 0 Å². The molecular formula is C10H21NOS. The lowest BCUT2D eigenvalue weighted by Crippen LogP contribution is -2.37. The van der Waals surface area contributed by atoms with Crippen molar-refractivity contribution in [1.29, 1.82) is 0 Å². The third kappa shape index (κ3) is 3.15. The molecule has 0 aromatic rings. The van der Waals surface area contributed by atoms with Crippen LogP contribution in [0.4, 0.5) is 0 Å². The second-order valence-electron chi connectivity index (χ2n) is 3.90. The molecule has 1 heterocycles. The molecule has 1 fully saturated rings. The van der Waals surface area contributed by atoms with Crippen molar-refractivity contribution < 1.29 is 5.11 Å². The van der Waals surface area contributed by atoms with E-state index in [0.717, 1.165) is 12.3 Å². The van der Waals surface area contributed by atoms with Gasteiger partial charge < -0.3 is 10.0 Å². The highest BCUT2D eigenvalue weighted by Crippen LogP contribution is 2.25. The fourth-order valence-corrected chi connectivity index (χ4v) is 2.51. The summed E-state index contributed by atoms with van der Waals surface area (Å²) in [5, 5.41) is 9.14. The molecule has 1 atom stereocenters. The van der Waals surface area contributed by atoms with Gasteiger partial charge in [-0.2, -0.15) is 12.6 Å². The Bertz CT molecular complexity index is 131. The Morgan fingerprint density at radius 1 is 1.46 bits per heavy atom. The number of likely N-dealkylation sites (tertiary alicyclic amines) is 1. The largest absolute Gasteiger partial charge is 0.396 e. The van der Waals surface area contributed by atoms with Crippen LogP contribution in [0, 0.1) is 11.8 Å². The molecule has 2 nitrogen and oxygen atoms in total. The fourth-order valence-electron chi connectivity index (χ4n) is 2.10. The van der Waals surface area contributed by atoms with Gasteiger partial charge in [-0.1, -0.05) is 6.92 Å². The summed E-state index contributed by atoms with van der Waals surface area (Å²) in [4.78, 5) is 2.48. The summed E-state index contributed by atoms with van der Waals surface area (Å²) in [6, 6.07) is 0. The number of hydrogen-bond acceptors (Lipinski definition) is 3. The van der Waals surface area contributed by atoms with Crippen LogP contribution in [0.25, 0.3) is 0 Å². The van der Waals surface area contributed by atoms with E-state index in [4.69, 9.17) is 5.11 Å². The Balaban J connectivity index is 2.30. The summed E-state index contributed by atoms with van der Waals surface area (Å²) in [6.07, 6.45) is 2.47. The average Bonchev–Trinajstić information content (AvgIpc) is 2.21. The topological polar surface area (TPSA) is 23.5 Å². The standard InChI is InChI=1S/C10H21NOS/c1-2-11-5-3-9(4-6-11)10(7-12)8-13/h9-10,12-13H,2-8H2,1H3. The summed E-state index contributed by atoms with van der Waals surface area (Å²) in [6.45, 7) is 6.08. The van der Waals surface area contributed by atoms with Gasteiger partial charge in [-0.3, -0.25) is 0 Å². The third-order valence-electron chi connectivity index (χ3n) is 3.22. The Morgan fingerprint density at radius 3 is 2.46 bits per heavy atom. The van der Waals surface area contributed by atoms with Crippen LogP contribution < -0.4 is 0 Å². The molecule has 0 radical (unpaired) electrons. The molecule has 0 aromatic heterocycles. The normalized spacial score (nSPS) is 23.3. The molecule has 13 heavy (non-hydrogen) atoms. The SMILES string of the molecule is CCN1CCC(C(CO)CS)CC1. The maximum absolute atomic E-state index is 9.14. The summed E-state index contributed by atoms with van der Waals surface area (Å²) in [7, 11) is 0. The minimum atomic E-state index is 0.306. The first kappa shape index (κ1) is 11.3. The van der Waals surface area contributed by atoms with Crippen LogP contribution in [-0.2, 0) is 0 Å². The molecule has 0 spiro atoms. The molecule has 1 N–H and O–H groups in total. The minimum Gasteiger partial charge on any atom is -0.396 e. The number of aliphatic hydroxyl groups excluding tert-OH is 1. The van der Waals surface area contributed by atoms with E-state index in [1.54, 1.807) is 0 Å². The highest BCUT2D eigenvalue weighted by atomic mass is 32.1. The van der Waals surface area contributed by atoms with Crippen LogP contribution >= 0.6 is 12.6 Å². The summed E-state index contributed by atoms with van der Waals surface area (Å²) in [5.74, 6) is 1.94. The number of hydrogen-bond donors (Lipinski definition) is 2. The molecule has 0 amide bonds. The van der Waals surface area contributed by atoms with Crippen LogP contribution in [0.1, 0.15) is 19.8 Å². The van der Waals surface area contributed by atoms with Crippen LogP contribution in [0.15, 0.2) is 0 Å². The van der Waals surface area contributed by atoms with E-state index in [1.807, 2.05) is 0 Å². The molecule has 0 aliphatic carbocycles. The number of rotatable bonds is 4. The van der Waals surface area contributed by atoms with Crippen molar-refractivity contribution in [3.8, 4) is 0 Å². The van der Waals surface area contributed by atoms with Gasteiger partial charge in [0.25, 0.3) is 0 Å². The highest BCUT2D eigenvalue weighted by Gasteiger charge is 2.24. The first-order valence-electron chi connectivity index (χ1n) is 5.25. The second-order valence-corrected chi connectivity index (χ2v) is 4.26. The zero-order valence-corrected chi connectivity index (χ0v) is 9.34. The molecule has 78 valence electrons. The summed E-state index contributed by atoms with van der Waals surface area (Å²) >= 11 is 4.28. The number of thiol groups is 1. The van der Waals surface area contributed by atoms with Gasteiger partial charge in [0.15, 0.2) is 0 Å². The molecular weight excluding hydrogens is 182 g/mol. The maximum atomic E-state index is 9.14. The predicted octanol–water partition coefficient (Wildman–Crippen LogP) is 1.26. The zero-order chi connectivity index (χ0) is 9.68. The van der Waals surface area contributed by atoms with Crippen molar-refractivity contribution in [3.05, 3.63) is 0 Å². The number of nitrogens with zero attached hydrogens (tertiary/aromatic N) is 1. The van der Waals surface area contributed by atoms with Crippen molar-refractivity contribution in [3.63, 3.8) is 0 Å².